The van der Waals surface area contributed by atoms with Gasteiger partial charge >= 0.3 is 51.4 Å². The molecule has 0 unspecified atom stereocenters. The molecule has 0 saturated carbocycles. The summed E-state index contributed by atoms with van der Waals surface area (Å²) in [5.74, 6) is 1.51. The minimum atomic E-state index is 0. The van der Waals surface area contributed by atoms with E-state index in [0.29, 0.717) is 5.75 Å². The van der Waals surface area contributed by atoms with E-state index in [9.17, 15) is 0 Å². The van der Waals surface area contributed by atoms with Crippen molar-refractivity contribution in [1.29, 1.82) is 0 Å². The van der Waals surface area contributed by atoms with Crippen LogP contribution in [0.1, 0.15) is 5.56 Å². The zero-order chi connectivity index (χ0) is 8.27. The fourth-order valence-electron chi connectivity index (χ4n) is 0.879. The molecular formula is C9H11KO2. The Kier molecular flexibility index (Phi) is 6.22. The minimum absolute atomic E-state index is 0. The number of methoxy groups -OCH3 is 2. The SMILES string of the molecule is COc1[c-]c(C)cc(OC)c1.[K+]. The number of benzene rings is 1. The number of rotatable bonds is 2. The molecule has 0 N–H and O–H groups in total. The third-order valence-electron chi connectivity index (χ3n) is 1.41. The van der Waals surface area contributed by atoms with Crippen LogP contribution in [-0.4, -0.2) is 14.2 Å². The Morgan fingerprint density at radius 2 is 1.83 bits per heavy atom. The summed E-state index contributed by atoms with van der Waals surface area (Å²) >= 11 is 0. The van der Waals surface area contributed by atoms with Crippen LogP contribution in [0.4, 0.5) is 0 Å². The van der Waals surface area contributed by atoms with Gasteiger partial charge in [0.2, 0.25) is 0 Å². The molecule has 0 heterocycles. The predicted octanol–water partition coefficient (Wildman–Crippen LogP) is -1.18. The first-order chi connectivity index (χ1) is 5.26. The van der Waals surface area contributed by atoms with E-state index in [1.165, 1.54) is 0 Å². The van der Waals surface area contributed by atoms with Crippen molar-refractivity contribution >= 4 is 0 Å². The van der Waals surface area contributed by atoms with E-state index in [4.69, 9.17) is 9.47 Å². The van der Waals surface area contributed by atoms with Crippen LogP contribution in [0.25, 0.3) is 0 Å². The Morgan fingerprint density at radius 1 is 1.17 bits per heavy atom. The molecule has 0 atom stereocenters. The van der Waals surface area contributed by atoms with Gasteiger partial charge in [0.1, 0.15) is 0 Å². The van der Waals surface area contributed by atoms with Crippen molar-refractivity contribution in [2.24, 2.45) is 0 Å². The Labute approximate surface area is 116 Å². The summed E-state index contributed by atoms with van der Waals surface area (Å²) in [6, 6.07) is 6.73. The summed E-state index contributed by atoms with van der Waals surface area (Å²) in [6.45, 7) is 1.95. The first kappa shape index (κ1) is 12.5. The zero-order valence-corrected chi connectivity index (χ0v) is 11.1. The minimum Gasteiger partial charge on any atom is -0.522 e. The molecule has 2 nitrogen and oxygen atoms in total. The smallest absolute Gasteiger partial charge is 0.522 e. The van der Waals surface area contributed by atoms with Crippen molar-refractivity contribution in [3.63, 3.8) is 0 Å². The van der Waals surface area contributed by atoms with Crippen LogP contribution < -0.4 is 60.9 Å². The van der Waals surface area contributed by atoms with E-state index < -0.39 is 0 Å². The second-order valence-corrected chi connectivity index (χ2v) is 2.27. The largest absolute Gasteiger partial charge is 1.00 e. The summed E-state index contributed by atoms with van der Waals surface area (Å²) in [6.07, 6.45) is 0. The molecule has 0 aliphatic heterocycles. The number of ether oxygens (including phenoxy) is 2. The summed E-state index contributed by atoms with van der Waals surface area (Å²) in [5.41, 5.74) is 1.02. The second kappa shape index (κ2) is 5.99. The van der Waals surface area contributed by atoms with Crippen LogP contribution in [-0.2, 0) is 0 Å². The average molecular weight is 190 g/mol. The summed E-state index contributed by atoms with van der Waals surface area (Å²) in [7, 11) is 3.25. The molecule has 3 heteroatoms. The van der Waals surface area contributed by atoms with E-state index >= 15 is 0 Å². The average Bonchev–Trinajstić information content (AvgIpc) is 2.03. The van der Waals surface area contributed by atoms with Crippen molar-refractivity contribution < 1.29 is 60.9 Å². The molecule has 0 aromatic heterocycles. The zero-order valence-electron chi connectivity index (χ0n) is 7.97. The molecule has 0 aliphatic rings. The van der Waals surface area contributed by atoms with Gasteiger partial charge in [0.05, 0.1) is 14.2 Å². The van der Waals surface area contributed by atoms with Gasteiger partial charge in [0.25, 0.3) is 0 Å². The molecule has 0 spiro atoms. The molecular weight excluding hydrogens is 179 g/mol. The van der Waals surface area contributed by atoms with Gasteiger partial charge in [-0.05, 0) is 0 Å². The Bertz CT molecular complexity index is 226. The molecule has 0 amide bonds. The van der Waals surface area contributed by atoms with Crippen molar-refractivity contribution in [2.75, 3.05) is 14.2 Å². The summed E-state index contributed by atoms with van der Waals surface area (Å²) < 4.78 is 10.0. The molecule has 1 aromatic carbocycles. The summed E-state index contributed by atoms with van der Waals surface area (Å²) in [5, 5.41) is 0. The van der Waals surface area contributed by atoms with Crippen molar-refractivity contribution in [2.45, 2.75) is 6.92 Å². The Balaban J connectivity index is 0.00000121. The summed E-state index contributed by atoms with van der Waals surface area (Å²) in [4.78, 5) is 0. The molecule has 0 radical (unpaired) electrons. The number of hydrogen-bond acceptors (Lipinski definition) is 2. The third-order valence-corrected chi connectivity index (χ3v) is 1.41. The van der Waals surface area contributed by atoms with E-state index in [1.807, 2.05) is 13.0 Å². The standard InChI is InChI=1S/C9H11O2.K/c1-7-4-8(10-2)6-9(5-7)11-3;/h4,6H,1-3H3;/q-1;+1. The van der Waals surface area contributed by atoms with Crippen LogP contribution in [0.15, 0.2) is 12.1 Å². The van der Waals surface area contributed by atoms with Crippen LogP contribution in [0.5, 0.6) is 11.5 Å². The van der Waals surface area contributed by atoms with Crippen molar-refractivity contribution in [3.05, 3.63) is 23.8 Å². The van der Waals surface area contributed by atoms with Crippen LogP contribution >= 0.6 is 0 Å². The second-order valence-electron chi connectivity index (χ2n) is 2.27. The molecule has 60 valence electrons. The van der Waals surface area contributed by atoms with E-state index in [0.717, 1.165) is 11.3 Å². The Hall–Kier alpha value is 0.456. The monoisotopic (exact) mass is 190 g/mol. The maximum atomic E-state index is 5.04. The van der Waals surface area contributed by atoms with Gasteiger partial charge in [-0.3, -0.25) is 0 Å². The predicted molar refractivity (Wildman–Crippen MR) is 43.1 cm³/mol. The van der Waals surface area contributed by atoms with Crippen LogP contribution in [0.2, 0.25) is 0 Å². The van der Waals surface area contributed by atoms with Crippen molar-refractivity contribution in [1.82, 2.24) is 0 Å². The van der Waals surface area contributed by atoms with E-state index in [2.05, 4.69) is 6.07 Å². The van der Waals surface area contributed by atoms with Crippen LogP contribution in [0, 0.1) is 13.0 Å². The first-order valence-corrected chi connectivity index (χ1v) is 3.38. The number of hydrogen-bond donors (Lipinski definition) is 0. The maximum Gasteiger partial charge on any atom is 1.00 e. The van der Waals surface area contributed by atoms with Gasteiger partial charge < -0.3 is 9.47 Å². The van der Waals surface area contributed by atoms with Gasteiger partial charge in [-0.2, -0.15) is 5.56 Å². The maximum absolute atomic E-state index is 5.04. The van der Waals surface area contributed by atoms with Crippen LogP contribution in [0.3, 0.4) is 0 Å². The molecule has 1 rings (SSSR count). The first-order valence-electron chi connectivity index (χ1n) is 3.38. The Morgan fingerprint density at radius 3 is 2.33 bits per heavy atom. The molecule has 12 heavy (non-hydrogen) atoms. The molecule has 0 bridgehead atoms. The van der Waals surface area contributed by atoms with Gasteiger partial charge in [-0.15, -0.1) is 12.1 Å². The topological polar surface area (TPSA) is 18.5 Å². The van der Waals surface area contributed by atoms with Crippen molar-refractivity contribution in [3.8, 4) is 11.5 Å². The van der Waals surface area contributed by atoms with Gasteiger partial charge in [0, 0.05) is 11.5 Å². The molecule has 0 saturated heterocycles. The third kappa shape index (κ3) is 3.45. The van der Waals surface area contributed by atoms with Gasteiger partial charge in [0.15, 0.2) is 0 Å². The quantitative estimate of drug-likeness (QED) is 0.431. The molecule has 0 aliphatic carbocycles. The molecule has 1 aromatic rings. The van der Waals surface area contributed by atoms with E-state index in [-0.39, 0.29) is 51.4 Å². The normalized spacial score (nSPS) is 8.58. The van der Waals surface area contributed by atoms with Gasteiger partial charge in [-0.1, -0.05) is 13.0 Å². The fourth-order valence-corrected chi connectivity index (χ4v) is 0.879. The van der Waals surface area contributed by atoms with Gasteiger partial charge in [-0.25, -0.2) is 0 Å². The fraction of sp³-hybridized carbons (Fsp3) is 0.333. The molecule has 0 fully saturated rings. The number of aryl methyl sites for hydroxylation is 1. The van der Waals surface area contributed by atoms with E-state index in [1.54, 1.807) is 20.3 Å².